The Labute approximate surface area is 366 Å². The van der Waals surface area contributed by atoms with Gasteiger partial charge in [-0.05, 0) is 35.4 Å². The zero-order valence-electron chi connectivity index (χ0n) is 33.5. The van der Waals surface area contributed by atoms with Crippen molar-refractivity contribution in [2.75, 3.05) is 90.7 Å². The van der Waals surface area contributed by atoms with Crippen LogP contribution in [0.1, 0.15) is 22.9 Å². The molecule has 0 spiro atoms. The predicted molar refractivity (Wildman–Crippen MR) is 228 cm³/mol. The minimum atomic E-state index is -5.02. The topological polar surface area (TPSA) is 430 Å². The van der Waals surface area contributed by atoms with Crippen LogP contribution in [0.15, 0.2) is 46.2 Å². The van der Waals surface area contributed by atoms with Gasteiger partial charge in [0.05, 0.1) is 36.7 Å². The smallest absolute Gasteiger partial charge is 0.295 e. The number of hydrogen-bond acceptors (Lipinski definition) is 24. The van der Waals surface area contributed by atoms with Crippen molar-refractivity contribution < 1.29 is 72.4 Å². The molecule has 2 unspecified atom stereocenters. The van der Waals surface area contributed by atoms with E-state index in [4.69, 9.17) is 0 Å². The maximum atomic E-state index is 12.6. The van der Waals surface area contributed by atoms with Gasteiger partial charge in [0.25, 0.3) is 40.5 Å². The normalized spacial score (nSPS) is 13.4. The average Bonchev–Trinajstić information content (AvgIpc) is 3.21. The van der Waals surface area contributed by atoms with Crippen LogP contribution in [0.5, 0.6) is 0 Å². The molecule has 4 aromatic rings. The number of benzene rings is 2. The first-order valence-electron chi connectivity index (χ1n) is 18.1. The Morgan fingerprint density at radius 3 is 1.50 bits per heavy atom. The summed E-state index contributed by atoms with van der Waals surface area (Å²) >= 11 is 0. The van der Waals surface area contributed by atoms with Gasteiger partial charge in [0, 0.05) is 51.6 Å². The van der Waals surface area contributed by atoms with Crippen LogP contribution in [0.25, 0.3) is 12.2 Å². The van der Waals surface area contributed by atoms with Crippen LogP contribution >= 0.6 is 0 Å². The van der Waals surface area contributed by atoms with E-state index in [1.54, 1.807) is 0 Å². The van der Waals surface area contributed by atoms with Crippen LogP contribution in [-0.4, -0.2) is 173 Å². The van der Waals surface area contributed by atoms with E-state index in [0.717, 1.165) is 24.3 Å². The Bertz CT molecular complexity index is 2770. The summed E-state index contributed by atoms with van der Waals surface area (Å²) in [7, 11) is -16.0. The van der Waals surface area contributed by atoms with Crippen molar-refractivity contribution in [1.82, 2.24) is 35.4 Å². The molecule has 2 aromatic carbocycles. The standard InChI is InChI=1S/C32H44N12O16S4/c1-43(9-11-61(49,50)51)31-38-27(21(17-45)15-34-48)37-29(41-31)35-22-7-5-19(25(13-22)63(55,56)57)3-4-20-6-8-23(14-26(20)64(58,59)60)36-30-39-28(33-16-24(47)18-46)40-32(42-30)44(2)10-12-62(52,53)54/h3-8,13-14,21,24,34,45-48H,9-12,15-18H2,1-2H3,(H,49,50,51)(H,52,53,54)(H,55,56,57)(H,58,59,60)(H,35,37,38,41)(H2,33,36,39,40,42). The highest BCUT2D eigenvalue weighted by molar-refractivity contribution is 7.86. The van der Waals surface area contributed by atoms with Gasteiger partial charge in [-0.2, -0.15) is 63.6 Å². The number of hydrogen-bond donors (Lipinski definition) is 12. The van der Waals surface area contributed by atoms with E-state index < -0.39 is 87.0 Å². The molecular weight excluding hydrogens is 937 g/mol. The molecule has 0 amide bonds. The lowest BCUT2D eigenvalue weighted by molar-refractivity contribution is 0.105. The molecule has 0 saturated heterocycles. The Hall–Kier alpha value is -5.36. The van der Waals surface area contributed by atoms with Gasteiger partial charge in [0.2, 0.25) is 29.7 Å². The highest BCUT2D eigenvalue weighted by Crippen LogP contribution is 2.29. The monoisotopic (exact) mass is 980 g/mol. The van der Waals surface area contributed by atoms with Crippen molar-refractivity contribution in [2.45, 2.75) is 21.8 Å². The minimum Gasteiger partial charge on any atom is -0.396 e. The first-order valence-corrected chi connectivity index (χ1v) is 24.2. The van der Waals surface area contributed by atoms with Crippen LogP contribution in [-0.2, 0) is 40.5 Å². The summed E-state index contributed by atoms with van der Waals surface area (Å²) in [5.74, 6) is -3.45. The van der Waals surface area contributed by atoms with Crippen LogP contribution in [0.4, 0.5) is 41.1 Å². The van der Waals surface area contributed by atoms with Gasteiger partial charge in [-0.15, -0.1) is 0 Å². The Balaban J connectivity index is 1.69. The third-order valence-electron chi connectivity index (χ3n) is 8.48. The Morgan fingerprint density at radius 2 is 1.08 bits per heavy atom. The summed E-state index contributed by atoms with van der Waals surface area (Å²) in [4.78, 5) is 26.1. The minimum absolute atomic E-state index is 0.0369. The van der Waals surface area contributed by atoms with Crippen molar-refractivity contribution in [3.8, 4) is 0 Å². The van der Waals surface area contributed by atoms with Gasteiger partial charge >= 0.3 is 0 Å². The third kappa shape index (κ3) is 15.7. The molecule has 0 aliphatic rings. The fraction of sp³-hybridized carbons (Fsp3) is 0.375. The van der Waals surface area contributed by atoms with Gasteiger partial charge in [0.1, 0.15) is 15.6 Å². The molecule has 4 rings (SSSR count). The number of aromatic nitrogens is 6. The zero-order valence-corrected chi connectivity index (χ0v) is 36.8. The zero-order chi connectivity index (χ0) is 47.6. The van der Waals surface area contributed by atoms with E-state index in [-0.39, 0.29) is 84.2 Å². The fourth-order valence-corrected chi connectivity index (χ4v) is 7.60. The van der Waals surface area contributed by atoms with E-state index in [2.05, 4.69) is 45.9 Å². The molecule has 0 aliphatic heterocycles. The van der Waals surface area contributed by atoms with E-state index in [9.17, 15) is 72.4 Å². The van der Waals surface area contributed by atoms with E-state index in [1.807, 2.05) is 5.48 Å². The van der Waals surface area contributed by atoms with Crippen molar-refractivity contribution in [3.05, 3.63) is 53.3 Å². The molecule has 28 nitrogen and oxygen atoms in total. The van der Waals surface area contributed by atoms with E-state index in [1.165, 1.54) is 48.2 Å². The van der Waals surface area contributed by atoms with Gasteiger partial charge in [-0.25, -0.2) is 5.48 Å². The largest absolute Gasteiger partial charge is 0.396 e. The van der Waals surface area contributed by atoms with Crippen molar-refractivity contribution in [1.29, 1.82) is 0 Å². The maximum Gasteiger partial charge on any atom is 0.295 e. The Morgan fingerprint density at radius 1 is 0.625 bits per heavy atom. The number of nitrogens with one attached hydrogen (secondary N) is 4. The van der Waals surface area contributed by atoms with Crippen LogP contribution in [0.3, 0.4) is 0 Å². The third-order valence-corrected chi connectivity index (χ3v) is 11.7. The quantitative estimate of drug-likeness (QED) is 0.0220. The number of hydroxylamine groups is 1. The molecule has 0 bridgehead atoms. The molecule has 0 fully saturated rings. The summed E-state index contributed by atoms with van der Waals surface area (Å²) in [5, 5.41) is 46.1. The van der Waals surface area contributed by atoms with E-state index in [0.29, 0.717) is 0 Å². The number of nitrogens with zero attached hydrogens (tertiary/aromatic N) is 8. The number of rotatable bonds is 24. The molecule has 0 saturated carbocycles. The molecule has 32 heteroatoms. The lowest BCUT2D eigenvalue weighted by Crippen LogP contribution is -2.29. The number of anilines is 7. The van der Waals surface area contributed by atoms with Crippen LogP contribution in [0, 0.1) is 0 Å². The molecule has 0 aliphatic carbocycles. The summed E-state index contributed by atoms with van der Waals surface area (Å²) in [5.41, 5.74) is 1.43. The molecule has 2 heterocycles. The Kier molecular flexibility index (Phi) is 17.3. The molecule has 352 valence electrons. The second-order valence-electron chi connectivity index (χ2n) is 13.5. The van der Waals surface area contributed by atoms with Gasteiger partial charge in [0.15, 0.2) is 0 Å². The van der Waals surface area contributed by atoms with E-state index >= 15 is 0 Å². The first-order chi connectivity index (χ1) is 29.8. The maximum absolute atomic E-state index is 12.6. The molecule has 2 atom stereocenters. The van der Waals surface area contributed by atoms with Crippen molar-refractivity contribution >= 4 is 93.7 Å². The second-order valence-corrected chi connectivity index (χ2v) is 19.4. The molecule has 2 aromatic heterocycles. The van der Waals surface area contributed by atoms with Crippen molar-refractivity contribution in [3.63, 3.8) is 0 Å². The summed E-state index contributed by atoms with van der Waals surface area (Å²) in [6.45, 7) is -2.24. The number of aliphatic hydroxyl groups excluding tert-OH is 3. The molecule has 64 heavy (non-hydrogen) atoms. The summed E-state index contributed by atoms with van der Waals surface area (Å²) in [6.07, 6.45) is 0.992. The molecular formula is C32H44N12O16S4. The van der Waals surface area contributed by atoms with Gasteiger partial charge < -0.3 is 46.3 Å². The predicted octanol–water partition coefficient (Wildman–Crippen LogP) is -1.32. The highest BCUT2D eigenvalue weighted by atomic mass is 32.2. The highest BCUT2D eigenvalue weighted by Gasteiger charge is 2.22. The molecule has 12 N–H and O–H groups in total. The number of aliphatic hydroxyl groups is 3. The van der Waals surface area contributed by atoms with Gasteiger partial charge in [-0.1, -0.05) is 24.3 Å². The summed E-state index contributed by atoms with van der Waals surface area (Å²) in [6, 6.07) is 6.97. The fourth-order valence-electron chi connectivity index (χ4n) is 5.17. The van der Waals surface area contributed by atoms with Gasteiger partial charge in [-0.3, -0.25) is 18.2 Å². The lowest BCUT2D eigenvalue weighted by atomic mass is 10.1. The molecule has 0 radical (unpaired) electrons. The van der Waals surface area contributed by atoms with Crippen molar-refractivity contribution in [2.24, 2.45) is 0 Å². The lowest BCUT2D eigenvalue weighted by Gasteiger charge is -2.20. The average molecular weight is 981 g/mol. The first kappa shape index (κ1) is 51.3. The second kappa shape index (κ2) is 21.5. The van der Waals surface area contributed by atoms with Crippen LogP contribution in [0.2, 0.25) is 0 Å². The van der Waals surface area contributed by atoms with Crippen LogP contribution < -0.4 is 31.2 Å². The summed E-state index contributed by atoms with van der Waals surface area (Å²) < 4.78 is 134. The SMILES string of the molecule is CN(CCS(=O)(=O)O)c1nc(NCC(O)CO)nc(Nc2ccc(C=Cc3ccc(Nc4nc(C(CO)CNO)nc(N(C)CCS(=O)(=O)O)n4)cc3S(=O)(=O)O)c(S(=O)(=O)O)c2)n1.